The van der Waals surface area contributed by atoms with Crippen LogP contribution in [-0.2, 0) is 4.74 Å². The van der Waals surface area contributed by atoms with Crippen LogP contribution in [0.25, 0.3) is 10.8 Å². The van der Waals surface area contributed by atoms with Gasteiger partial charge in [0.2, 0.25) is 0 Å². The number of fused-ring (bicyclic) bond motifs is 1. The molecule has 2 amide bonds. The van der Waals surface area contributed by atoms with Gasteiger partial charge in [-0.15, -0.1) is 0 Å². The van der Waals surface area contributed by atoms with Gasteiger partial charge in [-0.05, 0) is 29.3 Å². The predicted molar refractivity (Wildman–Crippen MR) is 82.1 cm³/mol. The number of ether oxygens (including phenoxy) is 1. The van der Waals surface area contributed by atoms with Gasteiger partial charge in [-0.2, -0.15) is 0 Å². The van der Waals surface area contributed by atoms with Gasteiger partial charge in [0, 0.05) is 33.0 Å². The van der Waals surface area contributed by atoms with Gasteiger partial charge in [-0.1, -0.05) is 30.3 Å². The number of benzene rings is 2. The molecule has 0 saturated carbocycles. The lowest BCUT2D eigenvalue weighted by Gasteiger charge is -2.17. The van der Waals surface area contributed by atoms with E-state index in [0.29, 0.717) is 13.2 Å². The Morgan fingerprint density at radius 1 is 1.20 bits per heavy atom. The second kappa shape index (κ2) is 6.91. The fraction of sp³-hybridized carbons (Fsp3) is 0.312. The van der Waals surface area contributed by atoms with Crippen LogP contribution in [0.2, 0.25) is 0 Å². The third-order valence-electron chi connectivity index (χ3n) is 3.19. The lowest BCUT2D eigenvalue weighted by molar-refractivity contribution is 0.179. The minimum Gasteiger partial charge on any atom is -0.385 e. The third kappa shape index (κ3) is 3.71. The number of methoxy groups -OCH3 is 1. The normalized spacial score (nSPS) is 10.5. The Labute approximate surface area is 119 Å². The monoisotopic (exact) mass is 272 g/mol. The molecule has 0 atom stereocenters. The summed E-state index contributed by atoms with van der Waals surface area (Å²) in [4.78, 5) is 13.7. The number of carbonyl (C=O) groups excluding carboxylic acids is 1. The van der Waals surface area contributed by atoms with E-state index < -0.39 is 0 Å². The summed E-state index contributed by atoms with van der Waals surface area (Å²) in [5, 5.41) is 5.19. The zero-order chi connectivity index (χ0) is 14.4. The molecule has 2 aromatic carbocycles. The first-order chi connectivity index (χ1) is 9.70. The van der Waals surface area contributed by atoms with Crippen molar-refractivity contribution in [2.24, 2.45) is 0 Å². The maximum Gasteiger partial charge on any atom is 0.321 e. The van der Waals surface area contributed by atoms with Crippen molar-refractivity contribution >= 4 is 22.5 Å². The van der Waals surface area contributed by atoms with E-state index in [1.54, 1.807) is 19.1 Å². The van der Waals surface area contributed by atoms with Crippen LogP contribution in [-0.4, -0.2) is 38.2 Å². The smallest absolute Gasteiger partial charge is 0.321 e. The van der Waals surface area contributed by atoms with E-state index in [9.17, 15) is 4.79 Å². The standard InChI is InChI=1S/C16H20N2O2/c1-18(10-5-11-20-2)16(19)17-15-9-8-13-6-3-4-7-14(13)12-15/h3-4,6-9,12H,5,10-11H2,1-2H3,(H,17,19). The molecule has 0 unspecified atom stereocenters. The fourth-order valence-corrected chi connectivity index (χ4v) is 2.03. The number of hydrogen-bond donors (Lipinski definition) is 1. The van der Waals surface area contributed by atoms with Crippen molar-refractivity contribution in [2.45, 2.75) is 6.42 Å². The highest BCUT2D eigenvalue weighted by Crippen LogP contribution is 2.19. The summed E-state index contributed by atoms with van der Waals surface area (Å²) in [5.74, 6) is 0. The second-order valence-electron chi connectivity index (χ2n) is 4.76. The summed E-state index contributed by atoms with van der Waals surface area (Å²) in [6.45, 7) is 1.33. The Kier molecular flexibility index (Phi) is 4.96. The zero-order valence-electron chi connectivity index (χ0n) is 11.9. The SMILES string of the molecule is COCCCN(C)C(=O)Nc1ccc2ccccc2c1. The summed E-state index contributed by atoms with van der Waals surface area (Å²) in [7, 11) is 3.45. The number of anilines is 1. The highest BCUT2D eigenvalue weighted by molar-refractivity contribution is 5.93. The topological polar surface area (TPSA) is 41.6 Å². The maximum atomic E-state index is 12.0. The fourth-order valence-electron chi connectivity index (χ4n) is 2.03. The van der Waals surface area contributed by atoms with Crippen LogP contribution < -0.4 is 5.32 Å². The molecule has 2 aromatic rings. The molecule has 0 aliphatic rings. The van der Waals surface area contributed by atoms with Crippen LogP contribution in [0.15, 0.2) is 42.5 Å². The molecule has 0 saturated heterocycles. The first-order valence-corrected chi connectivity index (χ1v) is 6.70. The van der Waals surface area contributed by atoms with Crippen molar-refractivity contribution in [3.63, 3.8) is 0 Å². The molecule has 0 aliphatic heterocycles. The molecule has 0 bridgehead atoms. The van der Waals surface area contributed by atoms with E-state index in [0.717, 1.165) is 17.5 Å². The van der Waals surface area contributed by atoms with Gasteiger partial charge in [0.25, 0.3) is 0 Å². The number of rotatable bonds is 5. The molecule has 0 aliphatic carbocycles. The first-order valence-electron chi connectivity index (χ1n) is 6.70. The Morgan fingerprint density at radius 2 is 1.95 bits per heavy atom. The molecule has 0 radical (unpaired) electrons. The van der Waals surface area contributed by atoms with E-state index in [4.69, 9.17) is 4.74 Å². The maximum absolute atomic E-state index is 12.0. The zero-order valence-corrected chi connectivity index (χ0v) is 11.9. The number of carbonyl (C=O) groups is 1. The van der Waals surface area contributed by atoms with Crippen LogP contribution in [0.5, 0.6) is 0 Å². The first kappa shape index (κ1) is 14.3. The summed E-state index contributed by atoms with van der Waals surface area (Å²) < 4.78 is 4.98. The molecule has 4 nitrogen and oxygen atoms in total. The molecule has 20 heavy (non-hydrogen) atoms. The molecule has 4 heteroatoms. The lowest BCUT2D eigenvalue weighted by Crippen LogP contribution is -2.32. The summed E-state index contributed by atoms with van der Waals surface area (Å²) in [5.41, 5.74) is 0.812. The van der Waals surface area contributed by atoms with E-state index in [-0.39, 0.29) is 6.03 Å². The Hall–Kier alpha value is -2.07. The number of nitrogens with one attached hydrogen (secondary N) is 1. The highest BCUT2D eigenvalue weighted by atomic mass is 16.5. The predicted octanol–water partition coefficient (Wildman–Crippen LogP) is 3.34. The molecule has 0 heterocycles. The molecule has 1 N–H and O–H groups in total. The van der Waals surface area contributed by atoms with Crippen LogP contribution in [0.1, 0.15) is 6.42 Å². The second-order valence-corrected chi connectivity index (χ2v) is 4.76. The molecule has 0 spiro atoms. The number of amides is 2. The Balaban J connectivity index is 1.98. The van der Waals surface area contributed by atoms with Crippen molar-refractivity contribution in [3.8, 4) is 0 Å². The average molecular weight is 272 g/mol. The summed E-state index contributed by atoms with van der Waals surface area (Å²) in [6.07, 6.45) is 0.831. The van der Waals surface area contributed by atoms with Crippen molar-refractivity contribution in [1.29, 1.82) is 0 Å². The van der Waals surface area contributed by atoms with E-state index in [2.05, 4.69) is 11.4 Å². The molecule has 2 rings (SSSR count). The number of hydrogen-bond acceptors (Lipinski definition) is 2. The third-order valence-corrected chi connectivity index (χ3v) is 3.19. The number of nitrogens with zero attached hydrogens (tertiary/aromatic N) is 1. The van der Waals surface area contributed by atoms with Crippen molar-refractivity contribution < 1.29 is 9.53 Å². The summed E-state index contributed by atoms with van der Waals surface area (Å²) >= 11 is 0. The minimum atomic E-state index is -0.101. The Morgan fingerprint density at radius 3 is 2.70 bits per heavy atom. The van der Waals surface area contributed by atoms with Crippen LogP contribution in [0.4, 0.5) is 10.5 Å². The molecule has 0 aromatic heterocycles. The highest BCUT2D eigenvalue weighted by Gasteiger charge is 2.08. The average Bonchev–Trinajstić information content (AvgIpc) is 2.47. The van der Waals surface area contributed by atoms with Gasteiger partial charge in [-0.3, -0.25) is 0 Å². The van der Waals surface area contributed by atoms with Crippen LogP contribution in [0, 0.1) is 0 Å². The van der Waals surface area contributed by atoms with Crippen molar-refractivity contribution in [2.75, 3.05) is 32.6 Å². The minimum absolute atomic E-state index is 0.101. The van der Waals surface area contributed by atoms with E-state index in [1.807, 2.05) is 36.4 Å². The van der Waals surface area contributed by atoms with Gasteiger partial charge < -0.3 is 15.0 Å². The van der Waals surface area contributed by atoms with Crippen LogP contribution >= 0.6 is 0 Å². The van der Waals surface area contributed by atoms with Gasteiger partial charge >= 0.3 is 6.03 Å². The summed E-state index contributed by atoms with van der Waals surface area (Å²) in [6, 6.07) is 13.9. The van der Waals surface area contributed by atoms with Gasteiger partial charge in [0.1, 0.15) is 0 Å². The van der Waals surface area contributed by atoms with Crippen molar-refractivity contribution in [1.82, 2.24) is 4.90 Å². The van der Waals surface area contributed by atoms with E-state index in [1.165, 1.54) is 5.39 Å². The largest absolute Gasteiger partial charge is 0.385 e. The molecular formula is C16H20N2O2. The molecular weight excluding hydrogens is 252 g/mol. The quantitative estimate of drug-likeness (QED) is 0.848. The molecule has 0 fully saturated rings. The molecule has 106 valence electrons. The van der Waals surface area contributed by atoms with Crippen LogP contribution in [0.3, 0.4) is 0 Å². The van der Waals surface area contributed by atoms with Gasteiger partial charge in [0.05, 0.1) is 0 Å². The lowest BCUT2D eigenvalue weighted by atomic mass is 10.1. The van der Waals surface area contributed by atoms with Gasteiger partial charge in [0.15, 0.2) is 0 Å². The Bertz CT molecular complexity index is 583. The van der Waals surface area contributed by atoms with Gasteiger partial charge in [-0.25, -0.2) is 4.79 Å². The number of urea groups is 1. The van der Waals surface area contributed by atoms with Crippen molar-refractivity contribution in [3.05, 3.63) is 42.5 Å². The van der Waals surface area contributed by atoms with E-state index >= 15 is 0 Å².